The predicted molar refractivity (Wildman–Crippen MR) is 119 cm³/mol. The van der Waals surface area contributed by atoms with Gasteiger partial charge in [0, 0.05) is 29.5 Å². The molecule has 3 unspecified atom stereocenters. The van der Waals surface area contributed by atoms with Gasteiger partial charge in [-0.2, -0.15) is 4.31 Å². The van der Waals surface area contributed by atoms with Crippen LogP contribution in [0.4, 0.5) is 13.2 Å². The standard InChI is InChI=1S/C21H30F3N3O4S2/c1-21(2,3)32(29)26-19(9-12-8-17(23)18(24)10-16(12)22)13-6-14-4-5-15(7-13)27(14)33(30,31)11-20(25)28/h8,10,13-15,19,26H,4-7,9,11H2,1-3H3,(H2,25,28)/t13?,14?,15?,19-,32?/m1/s1. The summed E-state index contributed by atoms with van der Waals surface area (Å²) < 4.78 is 83.6. The molecule has 0 spiro atoms. The maximum atomic E-state index is 14.4. The van der Waals surface area contributed by atoms with Gasteiger partial charge in [-0.3, -0.25) is 4.79 Å². The van der Waals surface area contributed by atoms with E-state index in [0.29, 0.717) is 31.7 Å². The molecule has 1 aromatic rings. The van der Waals surface area contributed by atoms with Crippen LogP contribution in [0.3, 0.4) is 0 Å². The summed E-state index contributed by atoms with van der Waals surface area (Å²) in [7, 11) is -3.86. The van der Waals surface area contributed by atoms with Gasteiger partial charge >= 0.3 is 0 Å². The number of primary amides is 1. The monoisotopic (exact) mass is 509 g/mol. The smallest absolute Gasteiger partial charge is 0.234 e. The maximum Gasteiger partial charge on any atom is 0.234 e. The minimum atomic E-state index is -3.86. The van der Waals surface area contributed by atoms with Crippen LogP contribution in [0.15, 0.2) is 12.1 Å². The fourth-order valence-corrected chi connectivity index (χ4v) is 7.49. The first-order chi connectivity index (χ1) is 15.2. The van der Waals surface area contributed by atoms with E-state index < -0.39 is 61.3 Å². The average Bonchev–Trinajstić information content (AvgIpc) is 2.95. The Morgan fingerprint density at radius 1 is 1.18 bits per heavy atom. The maximum absolute atomic E-state index is 14.4. The summed E-state index contributed by atoms with van der Waals surface area (Å²) in [6.07, 6.45) is 1.97. The summed E-state index contributed by atoms with van der Waals surface area (Å²) in [5, 5.41) is 0. The molecule has 3 N–H and O–H groups in total. The zero-order valence-corrected chi connectivity index (χ0v) is 20.4. The molecule has 1 amide bonds. The highest BCUT2D eigenvalue weighted by atomic mass is 32.2. The summed E-state index contributed by atoms with van der Waals surface area (Å²) in [5.74, 6) is -5.24. The van der Waals surface area contributed by atoms with E-state index in [1.807, 2.05) is 0 Å². The Morgan fingerprint density at radius 3 is 2.24 bits per heavy atom. The minimum Gasteiger partial charge on any atom is -0.598 e. The Labute approximate surface area is 195 Å². The third-order valence-corrected chi connectivity index (χ3v) is 9.78. The summed E-state index contributed by atoms with van der Waals surface area (Å²) in [5.41, 5.74) is 5.06. The van der Waals surface area contributed by atoms with Crippen molar-refractivity contribution in [3.63, 3.8) is 0 Å². The molecule has 2 heterocycles. The Kier molecular flexibility index (Phi) is 7.74. The van der Waals surface area contributed by atoms with Gasteiger partial charge in [0.05, 0.1) is 6.04 Å². The predicted octanol–water partition coefficient (Wildman–Crippen LogP) is 2.12. The minimum absolute atomic E-state index is 0.0387. The number of benzene rings is 1. The Balaban J connectivity index is 1.86. The molecule has 1 aromatic carbocycles. The number of hydrogen-bond acceptors (Lipinski definition) is 5. The normalized spacial score (nSPS) is 25.7. The first kappa shape index (κ1) is 26.3. The zero-order valence-electron chi connectivity index (χ0n) is 18.8. The fraction of sp³-hybridized carbons (Fsp3) is 0.667. The van der Waals surface area contributed by atoms with Crippen molar-refractivity contribution in [3.8, 4) is 0 Å². The van der Waals surface area contributed by atoms with Gasteiger partial charge in [-0.05, 0) is 70.4 Å². The number of halogens is 3. The third kappa shape index (κ3) is 6.02. The van der Waals surface area contributed by atoms with Gasteiger partial charge in [-0.25, -0.2) is 21.6 Å². The number of nitrogens with one attached hydrogen (secondary N) is 1. The van der Waals surface area contributed by atoms with Gasteiger partial charge in [0.15, 0.2) is 11.6 Å². The molecule has 0 aromatic heterocycles. The molecule has 2 bridgehead atoms. The van der Waals surface area contributed by atoms with E-state index in [2.05, 4.69) is 4.72 Å². The van der Waals surface area contributed by atoms with Crippen molar-refractivity contribution in [3.05, 3.63) is 35.1 Å². The molecule has 2 aliphatic rings. The first-order valence-corrected chi connectivity index (χ1v) is 13.6. The summed E-state index contributed by atoms with van der Waals surface area (Å²) in [6, 6.07) is 0.0139. The number of hydrogen-bond donors (Lipinski definition) is 2. The molecule has 2 fully saturated rings. The highest BCUT2D eigenvalue weighted by molar-refractivity contribution is 7.90. The molecule has 4 atom stereocenters. The summed E-state index contributed by atoms with van der Waals surface area (Å²) in [6.45, 7) is 5.32. The third-order valence-electron chi connectivity index (χ3n) is 6.26. The van der Waals surface area contributed by atoms with Crippen molar-refractivity contribution in [2.24, 2.45) is 11.7 Å². The molecule has 3 rings (SSSR count). The van der Waals surface area contributed by atoms with Crippen molar-refractivity contribution in [1.29, 1.82) is 0 Å². The van der Waals surface area contributed by atoms with Crippen LogP contribution in [0, 0.1) is 23.4 Å². The number of amides is 1. The molecule has 0 saturated carbocycles. The van der Waals surface area contributed by atoms with Gasteiger partial charge < -0.3 is 10.3 Å². The van der Waals surface area contributed by atoms with Gasteiger partial charge in [0.2, 0.25) is 15.9 Å². The second-order valence-electron chi connectivity index (χ2n) is 9.84. The van der Waals surface area contributed by atoms with Crippen LogP contribution in [-0.2, 0) is 32.6 Å². The van der Waals surface area contributed by atoms with Gasteiger partial charge in [-0.1, -0.05) is 0 Å². The SMILES string of the molecule is CC(C)(C)[S+]([O-])N[C@H](Cc1cc(F)c(F)cc1F)C1CC2CCC(C1)N2S(=O)(=O)CC(N)=O. The molecule has 7 nitrogen and oxygen atoms in total. The lowest BCUT2D eigenvalue weighted by Gasteiger charge is -2.41. The van der Waals surface area contributed by atoms with Crippen molar-refractivity contribution in [1.82, 2.24) is 9.03 Å². The first-order valence-electron chi connectivity index (χ1n) is 10.8. The van der Waals surface area contributed by atoms with Crippen LogP contribution in [0.25, 0.3) is 0 Å². The van der Waals surface area contributed by atoms with Crippen molar-refractivity contribution in [2.45, 2.75) is 75.7 Å². The van der Waals surface area contributed by atoms with Crippen LogP contribution >= 0.6 is 0 Å². The van der Waals surface area contributed by atoms with E-state index in [4.69, 9.17) is 5.73 Å². The Hall–Kier alpha value is -1.34. The van der Waals surface area contributed by atoms with E-state index in [-0.39, 0.29) is 30.0 Å². The van der Waals surface area contributed by atoms with E-state index in [0.717, 1.165) is 6.07 Å². The number of sulfonamides is 1. The van der Waals surface area contributed by atoms with Crippen LogP contribution in [0.5, 0.6) is 0 Å². The highest BCUT2D eigenvalue weighted by Gasteiger charge is 2.49. The molecule has 186 valence electrons. The molecule has 2 saturated heterocycles. The number of nitrogens with zero attached hydrogens (tertiary/aromatic N) is 1. The van der Waals surface area contributed by atoms with Crippen LogP contribution in [0.1, 0.15) is 52.0 Å². The molecule has 0 radical (unpaired) electrons. The zero-order chi connectivity index (χ0) is 24.7. The lowest BCUT2D eigenvalue weighted by Crippen LogP contribution is -2.54. The van der Waals surface area contributed by atoms with Crippen LogP contribution < -0.4 is 10.5 Å². The second kappa shape index (κ2) is 9.73. The Bertz CT molecular complexity index is 989. The Morgan fingerprint density at radius 2 is 1.73 bits per heavy atom. The lowest BCUT2D eigenvalue weighted by atomic mass is 9.83. The van der Waals surface area contributed by atoms with Gasteiger partial charge in [0.1, 0.15) is 16.3 Å². The number of fused-ring (bicyclic) bond motifs is 2. The molecule has 33 heavy (non-hydrogen) atoms. The van der Waals surface area contributed by atoms with E-state index in [1.54, 1.807) is 20.8 Å². The average molecular weight is 510 g/mol. The number of piperidine rings is 1. The molecule has 12 heteroatoms. The summed E-state index contributed by atoms with van der Waals surface area (Å²) in [4.78, 5) is 11.2. The largest absolute Gasteiger partial charge is 0.598 e. The van der Waals surface area contributed by atoms with Crippen LogP contribution in [0.2, 0.25) is 0 Å². The number of carbonyl (C=O) groups is 1. The molecule has 2 aliphatic heterocycles. The van der Waals surface area contributed by atoms with Crippen molar-refractivity contribution < 1.29 is 30.9 Å². The van der Waals surface area contributed by atoms with Crippen LogP contribution in [-0.4, -0.2) is 51.8 Å². The molecular weight excluding hydrogens is 479 g/mol. The molecule has 0 aliphatic carbocycles. The summed E-state index contributed by atoms with van der Waals surface area (Å²) >= 11 is -1.53. The second-order valence-corrected chi connectivity index (χ2v) is 13.7. The van der Waals surface area contributed by atoms with Crippen molar-refractivity contribution >= 4 is 27.3 Å². The van der Waals surface area contributed by atoms with E-state index in [1.165, 1.54) is 4.31 Å². The molecular formula is C21H30F3N3O4S2. The highest BCUT2D eigenvalue weighted by Crippen LogP contribution is 2.42. The topological polar surface area (TPSA) is 116 Å². The quantitative estimate of drug-likeness (QED) is 0.412. The van der Waals surface area contributed by atoms with Gasteiger partial charge in [-0.15, -0.1) is 4.72 Å². The number of nitrogens with two attached hydrogens (primary N) is 1. The van der Waals surface area contributed by atoms with E-state index >= 15 is 0 Å². The van der Waals surface area contributed by atoms with Gasteiger partial charge in [0.25, 0.3) is 0 Å². The number of carbonyl (C=O) groups excluding carboxylic acids is 1. The van der Waals surface area contributed by atoms with Crippen molar-refractivity contribution in [2.75, 3.05) is 5.75 Å². The fourth-order valence-electron chi connectivity index (χ4n) is 4.79. The van der Waals surface area contributed by atoms with E-state index in [9.17, 15) is 30.9 Å². The lowest BCUT2D eigenvalue weighted by molar-refractivity contribution is -0.115. The number of rotatable bonds is 8.